The lowest BCUT2D eigenvalue weighted by Crippen LogP contribution is -2.35. The van der Waals surface area contributed by atoms with Gasteiger partial charge in [-0.25, -0.2) is 0 Å². The number of carboxylic acid groups (broad SMARTS) is 1. The van der Waals surface area contributed by atoms with E-state index in [4.69, 9.17) is 9.90 Å². The molecule has 0 rings (SSSR count). The Bertz CT molecular complexity index is 176. The van der Waals surface area contributed by atoms with Crippen molar-refractivity contribution in [3.8, 4) is 0 Å². The first kappa shape index (κ1) is 15.4. The summed E-state index contributed by atoms with van der Waals surface area (Å²) in [6.07, 6.45) is 0.791. The van der Waals surface area contributed by atoms with Crippen LogP contribution in [0.2, 0.25) is 0 Å². The van der Waals surface area contributed by atoms with E-state index in [9.17, 15) is 4.79 Å². The van der Waals surface area contributed by atoms with E-state index in [1.165, 1.54) is 7.11 Å². The summed E-state index contributed by atoms with van der Waals surface area (Å²) in [5.41, 5.74) is 0. The molecule has 0 radical (unpaired) electrons. The van der Waals surface area contributed by atoms with Crippen LogP contribution in [-0.2, 0) is 14.3 Å². The standard InChI is InChI=1S/C7H15NO2.C2H4O2/c1-5-6(8(2)3)7(9)10-4;1-2(3)4/h6H,5H2,1-4H3;1H3,(H,3,4). The molecule has 0 aliphatic rings. The van der Waals surface area contributed by atoms with Crippen molar-refractivity contribution in [2.75, 3.05) is 21.2 Å². The normalized spacial score (nSPS) is 11.3. The average Bonchev–Trinajstić information content (AvgIpc) is 2.03. The summed E-state index contributed by atoms with van der Waals surface area (Å²) < 4.78 is 4.58. The molecule has 5 nitrogen and oxygen atoms in total. The zero-order chi connectivity index (χ0) is 11.7. The smallest absolute Gasteiger partial charge is 0.323 e. The second-order valence-corrected chi connectivity index (χ2v) is 2.93. The zero-order valence-corrected chi connectivity index (χ0v) is 9.40. The second kappa shape index (κ2) is 8.50. The molecule has 0 saturated carbocycles. The molecule has 84 valence electrons. The highest BCUT2D eigenvalue weighted by atomic mass is 16.5. The van der Waals surface area contributed by atoms with Crippen molar-refractivity contribution in [3.63, 3.8) is 0 Å². The largest absolute Gasteiger partial charge is 0.481 e. The van der Waals surface area contributed by atoms with Crippen LogP contribution in [0.3, 0.4) is 0 Å². The third kappa shape index (κ3) is 8.99. The predicted octanol–water partition coefficient (Wildman–Crippen LogP) is 0.590. The van der Waals surface area contributed by atoms with Gasteiger partial charge in [-0.2, -0.15) is 0 Å². The molecule has 0 aromatic rings. The van der Waals surface area contributed by atoms with Gasteiger partial charge in [-0.1, -0.05) is 6.92 Å². The van der Waals surface area contributed by atoms with Gasteiger partial charge in [0.2, 0.25) is 0 Å². The molecular formula is C9H19NO4. The summed E-state index contributed by atoms with van der Waals surface area (Å²) in [5, 5.41) is 7.42. The maximum absolute atomic E-state index is 10.9. The highest BCUT2D eigenvalue weighted by Gasteiger charge is 2.18. The Labute approximate surface area is 84.7 Å². The summed E-state index contributed by atoms with van der Waals surface area (Å²) in [4.78, 5) is 21.8. The van der Waals surface area contributed by atoms with Crippen LogP contribution < -0.4 is 0 Å². The molecule has 0 aromatic heterocycles. The SMILES string of the molecule is CC(=O)O.CCC(C(=O)OC)N(C)C. The summed E-state index contributed by atoms with van der Waals surface area (Å²) in [6, 6.07) is -0.0926. The van der Waals surface area contributed by atoms with Crippen molar-refractivity contribution in [1.29, 1.82) is 0 Å². The van der Waals surface area contributed by atoms with Crippen LogP contribution in [0.25, 0.3) is 0 Å². The second-order valence-electron chi connectivity index (χ2n) is 2.93. The minimum Gasteiger partial charge on any atom is -0.481 e. The molecule has 0 saturated heterocycles. The Balaban J connectivity index is 0. The molecule has 0 fully saturated rings. The van der Waals surface area contributed by atoms with Crippen LogP contribution in [0.4, 0.5) is 0 Å². The number of methoxy groups -OCH3 is 1. The molecule has 14 heavy (non-hydrogen) atoms. The molecule has 1 N–H and O–H groups in total. The first-order chi connectivity index (χ1) is 6.36. The molecule has 5 heteroatoms. The summed E-state index contributed by atoms with van der Waals surface area (Å²) in [5.74, 6) is -0.993. The van der Waals surface area contributed by atoms with Crippen molar-refractivity contribution in [2.45, 2.75) is 26.3 Å². The number of carbonyl (C=O) groups is 2. The van der Waals surface area contributed by atoms with Gasteiger partial charge in [0, 0.05) is 6.92 Å². The Hall–Kier alpha value is -1.10. The highest BCUT2D eigenvalue weighted by molar-refractivity contribution is 5.75. The minimum absolute atomic E-state index is 0.0926. The van der Waals surface area contributed by atoms with Crippen molar-refractivity contribution in [1.82, 2.24) is 4.90 Å². The maximum atomic E-state index is 10.9. The number of esters is 1. The number of rotatable bonds is 3. The number of nitrogens with zero attached hydrogens (tertiary/aromatic N) is 1. The van der Waals surface area contributed by atoms with Crippen molar-refractivity contribution < 1.29 is 19.4 Å². The number of ether oxygens (including phenoxy) is 1. The molecule has 0 aliphatic carbocycles. The van der Waals surface area contributed by atoms with Crippen LogP contribution in [0.5, 0.6) is 0 Å². The van der Waals surface area contributed by atoms with E-state index in [1.807, 2.05) is 25.9 Å². The van der Waals surface area contributed by atoms with E-state index in [1.54, 1.807) is 0 Å². The number of aliphatic carboxylic acids is 1. The predicted molar refractivity (Wildman–Crippen MR) is 53.1 cm³/mol. The molecule has 0 amide bonds. The molecule has 0 bridgehead atoms. The number of carboxylic acids is 1. The van der Waals surface area contributed by atoms with Gasteiger partial charge in [0.25, 0.3) is 5.97 Å². The zero-order valence-electron chi connectivity index (χ0n) is 9.40. The van der Waals surface area contributed by atoms with E-state index in [0.717, 1.165) is 13.3 Å². The summed E-state index contributed by atoms with van der Waals surface area (Å²) in [6.45, 7) is 3.04. The monoisotopic (exact) mass is 205 g/mol. The van der Waals surface area contributed by atoms with Crippen LogP contribution in [0.1, 0.15) is 20.3 Å². The van der Waals surface area contributed by atoms with Gasteiger partial charge >= 0.3 is 5.97 Å². The van der Waals surface area contributed by atoms with Gasteiger partial charge < -0.3 is 9.84 Å². The maximum Gasteiger partial charge on any atom is 0.323 e. The van der Waals surface area contributed by atoms with Crippen LogP contribution >= 0.6 is 0 Å². The van der Waals surface area contributed by atoms with Gasteiger partial charge in [0.1, 0.15) is 6.04 Å². The van der Waals surface area contributed by atoms with Gasteiger partial charge in [0.05, 0.1) is 7.11 Å². The van der Waals surface area contributed by atoms with Crippen LogP contribution in [0.15, 0.2) is 0 Å². The first-order valence-corrected chi connectivity index (χ1v) is 4.30. The topological polar surface area (TPSA) is 66.8 Å². The minimum atomic E-state index is -0.833. The van der Waals surface area contributed by atoms with E-state index in [0.29, 0.717) is 0 Å². The number of hydrogen-bond donors (Lipinski definition) is 1. The lowest BCUT2D eigenvalue weighted by molar-refractivity contribution is -0.146. The molecular weight excluding hydrogens is 186 g/mol. The Morgan fingerprint density at radius 3 is 1.86 bits per heavy atom. The van der Waals surface area contributed by atoms with E-state index >= 15 is 0 Å². The van der Waals surface area contributed by atoms with Crippen molar-refractivity contribution in [2.24, 2.45) is 0 Å². The van der Waals surface area contributed by atoms with Gasteiger partial charge in [-0.05, 0) is 20.5 Å². The fraction of sp³-hybridized carbons (Fsp3) is 0.778. The fourth-order valence-electron chi connectivity index (χ4n) is 0.879. The van der Waals surface area contributed by atoms with Gasteiger partial charge in [-0.3, -0.25) is 14.5 Å². The summed E-state index contributed by atoms with van der Waals surface area (Å²) in [7, 11) is 5.14. The van der Waals surface area contributed by atoms with Crippen molar-refractivity contribution in [3.05, 3.63) is 0 Å². The lowest BCUT2D eigenvalue weighted by atomic mass is 10.2. The van der Waals surface area contributed by atoms with Crippen LogP contribution in [0, 0.1) is 0 Å². The average molecular weight is 205 g/mol. The Morgan fingerprint density at radius 2 is 1.79 bits per heavy atom. The fourth-order valence-corrected chi connectivity index (χ4v) is 0.879. The highest BCUT2D eigenvalue weighted by Crippen LogP contribution is 1.99. The summed E-state index contributed by atoms with van der Waals surface area (Å²) >= 11 is 0. The molecule has 1 unspecified atom stereocenters. The van der Waals surface area contributed by atoms with E-state index in [2.05, 4.69) is 4.74 Å². The third-order valence-electron chi connectivity index (χ3n) is 1.48. The van der Waals surface area contributed by atoms with Crippen molar-refractivity contribution >= 4 is 11.9 Å². The number of likely N-dealkylation sites (N-methyl/N-ethyl adjacent to an activating group) is 1. The Morgan fingerprint density at radius 1 is 1.43 bits per heavy atom. The number of carbonyl (C=O) groups excluding carboxylic acids is 1. The lowest BCUT2D eigenvalue weighted by Gasteiger charge is -2.19. The molecule has 0 heterocycles. The molecule has 0 aromatic carbocycles. The Kier molecular flexibility index (Phi) is 9.33. The number of hydrogen-bond acceptors (Lipinski definition) is 4. The third-order valence-corrected chi connectivity index (χ3v) is 1.48. The van der Waals surface area contributed by atoms with Crippen LogP contribution in [-0.4, -0.2) is 49.2 Å². The quantitative estimate of drug-likeness (QED) is 0.683. The molecule has 0 aliphatic heterocycles. The van der Waals surface area contributed by atoms with Gasteiger partial charge in [0.15, 0.2) is 0 Å². The molecule has 0 spiro atoms. The molecule has 1 atom stereocenters. The van der Waals surface area contributed by atoms with Gasteiger partial charge in [-0.15, -0.1) is 0 Å². The van der Waals surface area contributed by atoms with E-state index < -0.39 is 5.97 Å². The first-order valence-electron chi connectivity index (χ1n) is 4.30. The van der Waals surface area contributed by atoms with E-state index in [-0.39, 0.29) is 12.0 Å².